The lowest BCUT2D eigenvalue weighted by Gasteiger charge is -2.34. The van der Waals surface area contributed by atoms with Gasteiger partial charge in [-0.25, -0.2) is 9.36 Å². The molecule has 0 radical (unpaired) electrons. The predicted molar refractivity (Wildman–Crippen MR) is 216 cm³/mol. The lowest BCUT2D eigenvalue weighted by Crippen LogP contribution is -2.52. The van der Waals surface area contributed by atoms with Crippen molar-refractivity contribution in [3.05, 3.63) is 167 Å². The van der Waals surface area contributed by atoms with E-state index in [1.165, 1.54) is 24.3 Å². The van der Waals surface area contributed by atoms with Gasteiger partial charge in [-0.2, -0.15) is 13.2 Å². The summed E-state index contributed by atoms with van der Waals surface area (Å²) >= 11 is 0. The van der Waals surface area contributed by atoms with E-state index in [4.69, 9.17) is 23.0 Å². The number of carbonyl (C=O) groups is 1. The van der Waals surface area contributed by atoms with Crippen LogP contribution in [0.15, 0.2) is 133 Å². The second-order valence-corrected chi connectivity index (χ2v) is 15.7. The van der Waals surface area contributed by atoms with Gasteiger partial charge in [0.15, 0.2) is 0 Å². The zero-order valence-electron chi connectivity index (χ0n) is 33.3. The number of alkyl carbamates (subject to hydrolysis) is 1. The molecule has 0 saturated heterocycles. The van der Waals surface area contributed by atoms with Crippen LogP contribution in [0, 0.1) is 0 Å². The number of benzene rings is 5. The average molecular weight is 874 g/mol. The molecule has 0 spiro atoms. The van der Waals surface area contributed by atoms with E-state index >= 15 is 0 Å². The molecule has 1 amide bonds. The second kappa shape index (κ2) is 22.0. The zero-order chi connectivity index (χ0) is 43.8. The van der Waals surface area contributed by atoms with Crippen LogP contribution >= 0.6 is 7.82 Å². The number of phosphoric ester groups is 1. The normalized spacial score (nSPS) is 13.0. The standard InChI is InChI=1S/C45H46F6NO8P/c1-2-43(52-42(53)56-30-36-13-6-3-7-14-36,33-59-61(54,57-31-37-15-8-4-9-16-37)58-32-38-17-10-5-11-18-38)27-26-35-22-25-41(40(29-35)44(46,47)48)55-28-12-19-34-20-23-39(24-21-34)60-45(49,50)51/h3-11,13-18,20-25,29H,2,12,19,26-28,30-33H2,1H3,(H,52,53)/t43-/m1/s1. The first kappa shape index (κ1) is 46.7. The number of aryl methyl sites for hydroxylation is 2. The Hall–Kier alpha value is -5.34. The number of halogens is 6. The van der Waals surface area contributed by atoms with E-state index in [2.05, 4.69) is 10.1 Å². The lowest BCUT2D eigenvalue weighted by molar-refractivity contribution is -0.274. The minimum atomic E-state index is -4.83. The molecule has 0 aromatic heterocycles. The number of hydrogen-bond donors (Lipinski definition) is 1. The molecule has 0 unspecified atom stereocenters. The maximum Gasteiger partial charge on any atom is 0.573 e. The summed E-state index contributed by atoms with van der Waals surface area (Å²) in [6.45, 7) is 0.904. The van der Waals surface area contributed by atoms with Crippen LogP contribution in [0.4, 0.5) is 31.1 Å². The summed E-state index contributed by atoms with van der Waals surface area (Å²) in [5, 5.41) is 2.84. The van der Waals surface area contributed by atoms with Crippen LogP contribution in [0.2, 0.25) is 0 Å². The highest BCUT2D eigenvalue weighted by molar-refractivity contribution is 7.48. The van der Waals surface area contributed by atoms with Gasteiger partial charge in [-0.05, 0) is 84.2 Å². The van der Waals surface area contributed by atoms with Gasteiger partial charge in [0.1, 0.15) is 18.1 Å². The molecular weight excluding hydrogens is 827 g/mol. The highest BCUT2D eigenvalue weighted by Gasteiger charge is 2.38. The summed E-state index contributed by atoms with van der Waals surface area (Å²) < 4.78 is 127. The van der Waals surface area contributed by atoms with Crippen LogP contribution in [0.3, 0.4) is 0 Å². The SMILES string of the molecule is CC[C@@](CCc1ccc(OCCCc2ccc(OC(F)(F)F)cc2)c(C(F)(F)F)c1)(COP(=O)(OCc1ccccc1)OCc1ccccc1)NC(=O)OCc1ccccc1. The molecule has 0 fully saturated rings. The summed E-state index contributed by atoms with van der Waals surface area (Å²) in [4.78, 5) is 13.3. The Balaban J connectivity index is 1.30. The van der Waals surface area contributed by atoms with Crippen molar-refractivity contribution in [3.8, 4) is 11.5 Å². The van der Waals surface area contributed by atoms with Crippen molar-refractivity contribution >= 4 is 13.9 Å². The van der Waals surface area contributed by atoms with Gasteiger partial charge in [0.25, 0.3) is 0 Å². The van der Waals surface area contributed by atoms with Crippen molar-refractivity contribution in [1.29, 1.82) is 0 Å². The minimum absolute atomic E-state index is 0.00756. The predicted octanol–water partition coefficient (Wildman–Crippen LogP) is 12.2. The molecule has 5 aromatic rings. The molecule has 1 N–H and O–H groups in total. The van der Waals surface area contributed by atoms with Crippen molar-refractivity contribution in [2.24, 2.45) is 0 Å². The van der Waals surface area contributed by atoms with E-state index in [1.54, 1.807) is 79.7 Å². The molecule has 0 aliphatic carbocycles. The number of phosphoric acid groups is 1. The van der Waals surface area contributed by atoms with E-state index in [1.807, 2.05) is 18.2 Å². The van der Waals surface area contributed by atoms with Crippen LogP contribution in [-0.2, 0) is 61.7 Å². The van der Waals surface area contributed by atoms with Crippen LogP contribution in [0.5, 0.6) is 11.5 Å². The maximum atomic E-state index is 14.4. The van der Waals surface area contributed by atoms with Gasteiger partial charge in [0.05, 0.1) is 37.5 Å². The summed E-state index contributed by atoms with van der Waals surface area (Å²) in [5.74, 6) is -0.782. The molecule has 0 aliphatic heterocycles. The maximum absolute atomic E-state index is 14.4. The first-order valence-corrected chi connectivity index (χ1v) is 20.9. The van der Waals surface area contributed by atoms with E-state index in [-0.39, 0.29) is 63.4 Å². The molecule has 61 heavy (non-hydrogen) atoms. The average Bonchev–Trinajstić information content (AvgIpc) is 3.25. The Kier molecular flexibility index (Phi) is 16.8. The number of alkyl halides is 6. The fraction of sp³-hybridized carbons (Fsp3) is 0.311. The fourth-order valence-corrected chi connectivity index (χ4v) is 7.31. The number of hydrogen-bond acceptors (Lipinski definition) is 8. The van der Waals surface area contributed by atoms with Crippen LogP contribution in [-0.4, -0.2) is 31.2 Å². The number of nitrogens with one attached hydrogen (secondary N) is 1. The molecule has 0 heterocycles. The molecule has 16 heteroatoms. The smallest absolute Gasteiger partial charge is 0.493 e. The molecule has 5 rings (SSSR count). The monoisotopic (exact) mass is 873 g/mol. The first-order valence-electron chi connectivity index (χ1n) is 19.4. The van der Waals surface area contributed by atoms with Gasteiger partial charge in [-0.1, -0.05) is 116 Å². The van der Waals surface area contributed by atoms with E-state index in [9.17, 15) is 35.7 Å². The summed E-state index contributed by atoms with van der Waals surface area (Å²) in [6, 6.07) is 35.7. The first-order chi connectivity index (χ1) is 29.1. The van der Waals surface area contributed by atoms with Crippen LogP contribution in [0.25, 0.3) is 0 Å². The van der Waals surface area contributed by atoms with Gasteiger partial charge in [-0.15, -0.1) is 13.2 Å². The Morgan fingerprint density at radius 2 is 1.18 bits per heavy atom. The highest BCUT2D eigenvalue weighted by Crippen LogP contribution is 2.52. The Bertz CT molecular complexity index is 2100. The fourth-order valence-electron chi connectivity index (χ4n) is 6.06. The number of carbonyl (C=O) groups excluding carboxylic acids is 1. The topological polar surface area (TPSA) is 102 Å². The highest BCUT2D eigenvalue weighted by atomic mass is 31.2. The Labute approximate surface area is 350 Å². The van der Waals surface area contributed by atoms with Crippen molar-refractivity contribution in [2.75, 3.05) is 13.2 Å². The minimum Gasteiger partial charge on any atom is -0.493 e. The Morgan fingerprint density at radius 3 is 1.70 bits per heavy atom. The zero-order valence-corrected chi connectivity index (χ0v) is 34.1. The van der Waals surface area contributed by atoms with Gasteiger partial charge in [0, 0.05) is 0 Å². The van der Waals surface area contributed by atoms with Crippen LogP contribution in [0.1, 0.15) is 59.6 Å². The van der Waals surface area contributed by atoms with Gasteiger partial charge in [-0.3, -0.25) is 13.6 Å². The molecule has 0 bridgehead atoms. The third-order valence-electron chi connectivity index (χ3n) is 9.49. The van der Waals surface area contributed by atoms with Gasteiger partial charge in [0.2, 0.25) is 0 Å². The molecule has 1 atom stereocenters. The second-order valence-electron chi connectivity index (χ2n) is 14.0. The largest absolute Gasteiger partial charge is 0.573 e. The molecule has 9 nitrogen and oxygen atoms in total. The number of ether oxygens (including phenoxy) is 3. The lowest BCUT2D eigenvalue weighted by atomic mass is 9.89. The van der Waals surface area contributed by atoms with Crippen molar-refractivity contribution in [3.63, 3.8) is 0 Å². The number of rotatable bonds is 22. The van der Waals surface area contributed by atoms with E-state index < -0.39 is 49.9 Å². The quantitative estimate of drug-likeness (QED) is 0.0417. The Morgan fingerprint density at radius 1 is 0.639 bits per heavy atom. The van der Waals surface area contributed by atoms with Crippen molar-refractivity contribution in [2.45, 2.75) is 76.9 Å². The molecular formula is C45H46F6NO8P. The van der Waals surface area contributed by atoms with Gasteiger partial charge < -0.3 is 19.5 Å². The van der Waals surface area contributed by atoms with Crippen molar-refractivity contribution < 1.29 is 63.5 Å². The molecule has 326 valence electrons. The van der Waals surface area contributed by atoms with E-state index in [0.29, 0.717) is 23.1 Å². The molecule has 0 aliphatic rings. The van der Waals surface area contributed by atoms with Crippen LogP contribution < -0.4 is 14.8 Å². The van der Waals surface area contributed by atoms with Crippen molar-refractivity contribution in [1.82, 2.24) is 5.32 Å². The van der Waals surface area contributed by atoms with E-state index in [0.717, 1.165) is 23.8 Å². The summed E-state index contributed by atoms with van der Waals surface area (Å²) in [5.41, 5.74) is 0.676. The summed E-state index contributed by atoms with van der Waals surface area (Å²) in [6.07, 6.45) is -9.64. The van der Waals surface area contributed by atoms with Gasteiger partial charge >= 0.3 is 26.5 Å². The summed E-state index contributed by atoms with van der Waals surface area (Å²) in [7, 11) is -4.35. The molecule has 0 saturated carbocycles. The third kappa shape index (κ3) is 15.9. The third-order valence-corrected chi connectivity index (χ3v) is 10.8. The number of amides is 1. The molecule has 5 aromatic carbocycles.